The molecular weight excluding hydrogens is 382 g/mol. The molecule has 0 radical (unpaired) electrons. The molecular formula is C20H24ClN3O4. The highest BCUT2D eigenvalue weighted by molar-refractivity contribution is 6.30. The number of carbonyl (C=O) groups excluding carboxylic acids is 2. The molecule has 0 aliphatic carbocycles. The third kappa shape index (κ3) is 4.90. The lowest BCUT2D eigenvalue weighted by Gasteiger charge is -2.34. The lowest BCUT2D eigenvalue weighted by atomic mass is 9.91. The molecule has 1 aromatic carbocycles. The van der Waals surface area contributed by atoms with Crippen LogP contribution in [0.25, 0.3) is 11.4 Å². The predicted molar refractivity (Wildman–Crippen MR) is 103 cm³/mol. The zero-order valence-corrected chi connectivity index (χ0v) is 17.0. The fourth-order valence-electron chi connectivity index (χ4n) is 3.07. The summed E-state index contributed by atoms with van der Waals surface area (Å²) in [6.07, 6.45) is 1.20. The first kappa shape index (κ1) is 20.3. The highest BCUT2D eigenvalue weighted by Gasteiger charge is 2.33. The van der Waals surface area contributed by atoms with Gasteiger partial charge in [-0.2, -0.15) is 4.98 Å². The molecule has 1 aliphatic heterocycles. The molecule has 0 N–H and O–H groups in total. The second-order valence-corrected chi connectivity index (χ2v) is 8.38. The smallest absolute Gasteiger partial charge is 0.309 e. The topological polar surface area (TPSA) is 85.5 Å². The minimum atomic E-state index is -0.410. The number of rotatable bonds is 4. The van der Waals surface area contributed by atoms with Gasteiger partial charge in [-0.05, 0) is 37.1 Å². The second kappa shape index (κ2) is 8.31. The van der Waals surface area contributed by atoms with Crippen LogP contribution in [0.15, 0.2) is 28.8 Å². The molecule has 2 aromatic rings. The van der Waals surface area contributed by atoms with Crippen molar-refractivity contribution in [2.45, 2.75) is 40.2 Å². The number of aromatic nitrogens is 2. The van der Waals surface area contributed by atoms with Crippen molar-refractivity contribution in [1.82, 2.24) is 15.0 Å². The van der Waals surface area contributed by atoms with E-state index in [-0.39, 0.29) is 30.3 Å². The summed E-state index contributed by atoms with van der Waals surface area (Å²) in [7, 11) is 0. The van der Waals surface area contributed by atoms with Crippen LogP contribution in [0, 0.1) is 11.3 Å². The summed E-state index contributed by atoms with van der Waals surface area (Å²) in [4.78, 5) is 30.7. The van der Waals surface area contributed by atoms with Crippen molar-refractivity contribution in [2.24, 2.45) is 11.3 Å². The van der Waals surface area contributed by atoms with Crippen molar-refractivity contribution in [2.75, 3.05) is 13.1 Å². The predicted octanol–water partition coefficient (Wildman–Crippen LogP) is 3.72. The van der Waals surface area contributed by atoms with Gasteiger partial charge in [-0.15, -0.1) is 0 Å². The van der Waals surface area contributed by atoms with Crippen LogP contribution in [-0.4, -0.2) is 40.0 Å². The van der Waals surface area contributed by atoms with Gasteiger partial charge in [0.05, 0.1) is 5.92 Å². The number of hydrogen-bond donors (Lipinski definition) is 0. The molecule has 0 bridgehead atoms. The highest BCUT2D eigenvalue weighted by Crippen LogP contribution is 2.25. The normalized spacial score (nSPS) is 15.5. The Balaban J connectivity index is 1.49. The average molecular weight is 406 g/mol. The van der Waals surface area contributed by atoms with E-state index in [9.17, 15) is 9.59 Å². The van der Waals surface area contributed by atoms with Gasteiger partial charge in [-0.25, -0.2) is 0 Å². The van der Waals surface area contributed by atoms with Crippen LogP contribution in [0.5, 0.6) is 0 Å². The molecule has 1 saturated heterocycles. The third-order valence-corrected chi connectivity index (χ3v) is 4.92. The minimum Gasteiger partial charge on any atom is -0.455 e. The highest BCUT2D eigenvalue weighted by atomic mass is 35.5. The summed E-state index contributed by atoms with van der Waals surface area (Å²) in [5, 5.41) is 4.52. The van der Waals surface area contributed by atoms with Gasteiger partial charge < -0.3 is 14.2 Å². The summed E-state index contributed by atoms with van der Waals surface area (Å²) in [6.45, 7) is 6.77. The van der Waals surface area contributed by atoms with E-state index in [1.807, 2.05) is 25.7 Å². The van der Waals surface area contributed by atoms with Gasteiger partial charge in [0, 0.05) is 29.1 Å². The number of carbonyl (C=O) groups is 2. The van der Waals surface area contributed by atoms with Crippen molar-refractivity contribution in [3.8, 4) is 11.4 Å². The molecule has 1 fully saturated rings. The van der Waals surface area contributed by atoms with E-state index in [1.165, 1.54) is 0 Å². The van der Waals surface area contributed by atoms with Gasteiger partial charge in [-0.1, -0.05) is 37.5 Å². The molecule has 28 heavy (non-hydrogen) atoms. The van der Waals surface area contributed by atoms with Gasteiger partial charge in [0.2, 0.25) is 11.7 Å². The first-order chi connectivity index (χ1) is 13.2. The van der Waals surface area contributed by atoms with E-state index in [2.05, 4.69) is 10.1 Å². The Morgan fingerprint density at radius 1 is 1.21 bits per heavy atom. The van der Waals surface area contributed by atoms with Gasteiger partial charge >= 0.3 is 5.97 Å². The Bertz CT molecular complexity index is 834. The van der Waals surface area contributed by atoms with Crippen LogP contribution in [0.3, 0.4) is 0 Å². The monoisotopic (exact) mass is 405 g/mol. The van der Waals surface area contributed by atoms with Crippen LogP contribution < -0.4 is 0 Å². The van der Waals surface area contributed by atoms with Crippen LogP contribution in [0.2, 0.25) is 5.02 Å². The Morgan fingerprint density at radius 2 is 1.86 bits per heavy atom. The standard InChI is InChI=1S/C20H24ClN3O4/c1-20(2,3)19(26)24-10-8-14(9-11-24)18(25)27-12-16-22-17(23-28-16)13-4-6-15(21)7-5-13/h4-7,14H,8-12H2,1-3H3. The van der Waals surface area contributed by atoms with Crippen molar-refractivity contribution in [3.63, 3.8) is 0 Å². The summed E-state index contributed by atoms with van der Waals surface area (Å²) in [6, 6.07) is 7.05. The molecule has 0 spiro atoms. The number of nitrogens with zero attached hydrogens (tertiary/aromatic N) is 3. The molecule has 0 atom stereocenters. The quantitative estimate of drug-likeness (QED) is 0.720. The van der Waals surface area contributed by atoms with E-state index in [4.69, 9.17) is 20.9 Å². The third-order valence-electron chi connectivity index (χ3n) is 4.67. The summed E-state index contributed by atoms with van der Waals surface area (Å²) >= 11 is 5.87. The maximum absolute atomic E-state index is 12.3. The van der Waals surface area contributed by atoms with Crippen LogP contribution >= 0.6 is 11.6 Å². The first-order valence-corrected chi connectivity index (χ1v) is 9.66. The molecule has 8 heteroatoms. The largest absolute Gasteiger partial charge is 0.455 e. The van der Waals surface area contributed by atoms with E-state index in [1.54, 1.807) is 24.3 Å². The molecule has 7 nitrogen and oxygen atoms in total. The molecule has 2 heterocycles. The number of piperidine rings is 1. The lowest BCUT2D eigenvalue weighted by Crippen LogP contribution is -2.45. The molecule has 1 aliphatic rings. The van der Waals surface area contributed by atoms with Crippen molar-refractivity contribution >= 4 is 23.5 Å². The van der Waals surface area contributed by atoms with Crippen LogP contribution in [0.1, 0.15) is 39.5 Å². The summed E-state index contributed by atoms with van der Waals surface area (Å²) < 4.78 is 10.5. The van der Waals surface area contributed by atoms with Gasteiger partial charge in [0.25, 0.3) is 5.89 Å². The Morgan fingerprint density at radius 3 is 2.46 bits per heavy atom. The van der Waals surface area contributed by atoms with Crippen molar-refractivity contribution in [3.05, 3.63) is 35.2 Å². The Labute approximate surface area is 169 Å². The second-order valence-electron chi connectivity index (χ2n) is 7.94. The molecule has 0 saturated carbocycles. The van der Waals surface area contributed by atoms with Crippen LogP contribution in [0.4, 0.5) is 0 Å². The summed E-state index contributed by atoms with van der Waals surface area (Å²) in [5.41, 5.74) is 0.356. The zero-order valence-electron chi connectivity index (χ0n) is 16.3. The number of amides is 1. The number of likely N-dealkylation sites (tertiary alicyclic amines) is 1. The number of hydrogen-bond acceptors (Lipinski definition) is 6. The van der Waals surface area contributed by atoms with Crippen LogP contribution in [-0.2, 0) is 20.9 Å². The van der Waals surface area contributed by atoms with Gasteiger partial charge in [0.15, 0.2) is 6.61 Å². The van der Waals surface area contributed by atoms with E-state index in [0.29, 0.717) is 36.8 Å². The number of esters is 1. The molecule has 3 rings (SSSR count). The Kier molecular flexibility index (Phi) is 6.03. The zero-order chi connectivity index (χ0) is 20.3. The Hall–Kier alpha value is -2.41. The molecule has 0 unspecified atom stereocenters. The maximum atomic E-state index is 12.3. The number of ether oxygens (including phenoxy) is 1. The fourth-order valence-corrected chi connectivity index (χ4v) is 3.20. The summed E-state index contributed by atoms with van der Waals surface area (Å²) in [5.74, 6) is 0.243. The maximum Gasteiger partial charge on any atom is 0.309 e. The number of benzene rings is 1. The first-order valence-electron chi connectivity index (χ1n) is 9.28. The fraction of sp³-hybridized carbons (Fsp3) is 0.500. The van der Waals surface area contributed by atoms with Crippen molar-refractivity contribution in [1.29, 1.82) is 0 Å². The van der Waals surface area contributed by atoms with Gasteiger partial charge in [-0.3, -0.25) is 9.59 Å². The lowest BCUT2D eigenvalue weighted by molar-refractivity contribution is -0.154. The molecule has 1 amide bonds. The molecule has 1 aromatic heterocycles. The van der Waals surface area contributed by atoms with Crippen molar-refractivity contribution < 1.29 is 18.8 Å². The van der Waals surface area contributed by atoms with E-state index >= 15 is 0 Å². The minimum absolute atomic E-state index is 0.0689. The van der Waals surface area contributed by atoms with Gasteiger partial charge in [0.1, 0.15) is 0 Å². The molecule has 150 valence electrons. The SMILES string of the molecule is CC(C)(C)C(=O)N1CCC(C(=O)OCc2nc(-c3ccc(Cl)cc3)no2)CC1. The van der Waals surface area contributed by atoms with E-state index in [0.717, 1.165) is 5.56 Å². The average Bonchev–Trinajstić information content (AvgIpc) is 3.14. The number of halogens is 1. The van der Waals surface area contributed by atoms with E-state index < -0.39 is 5.41 Å².